The Labute approximate surface area is 133 Å². The average Bonchev–Trinajstić information content (AvgIpc) is 2.43. The van der Waals surface area contributed by atoms with Crippen LogP contribution in [-0.4, -0.2) is 29.9 Å². The highest BCUT2D eigenvalue weighted by Gasteiger charge is 2.39. The Morgan fingerprint density at radius 1 is 1.13 bits per heavy atom. The smallest absolute Gasteiger partial charge is 0.416 e. The van der Waals surface area contributed by atoms with Gasteiger partial charge in [-0.25, -0.2) is 4.79 Å². The van der Waals surface area contributed by atoms with Crippen LogP contribution in [0.3, 0.4) is 0 Å². The van der Waals surface area contributed by atoms with Crippen LogP contribution >= 0.6 is 0 Å². The number of amides is 1. The standard InChI is InChI=1S/C16H20F3NO3/c1-14(2,3)23-13(22)20(5)15(4,10-21)11-7-6-8-12(9-11)16(17,18)19/h6-10H,1-5H3. The first-order valence-electron chi connectivity index (χ1n) is 6.92. The van der Waals surface area contributed by atoms with Gasteiger partial charge >= 0.3 is 12.3 Å². The van der Waals surface area contributed by atoms with Gasteiger partial charge in [-0.2, -0.15) is 13.2 Å². The Morgan fingerprint density at radius 2 is 1.65 bits per heavy atom. The summed E-state index contributed by atoms with van der Waals surface area (Å²) in [5.74, 6) is 0. The first kappa shape index (κ1) is 19.0. The van der Waals surface area contributed by atoms with E-state index in [4.69, 9.17) is 4.74 Å². The number of carbonyl (C=O) groups excluding carboxylic acids is 2. The van der Waals surface area contributed by atoms with Crippen LogP contribution in [-0.2, 0) is 21.2 Å². The van der Waals surface area contributed by atoms with Crippen molar-refractivity contribution in [2.45, 2.75) is 45.0 Å². The topological polar surface area (TPSA) is 46.6 Å². The van der Waals surface area contributed by atoms with E-state index >= 15 is 0 Å². The second-order valence-corrected chi connectivity index (χ2v) is 6.38. The highest BCUT2D eigenvalue weighted by atomic mass is 19.4. The molecule has 1 rings (SSSR count). The van der Waals surface area contributed by atoms with Gasteiger partial charge in [-0.1, -0.05) is 12.1 Å². The normalized spacial score (nSPS) is 14.8. The van der Waals surface area contributed by atoms with E-state index in [9.17, 15) is 22.8 Å². The van der Waals surface area contributed by atoms with Crippen molar-refractivity contribution < 1.29 is 27.5 Å². The Hall–Kier alpha value is -2.05. The molecule has 0 aliphatic rings. The average molecular weight is 331 g/mol. The lowest BCUT2D eigenvalue weighted by molar-refractivity contribution is -0.137. The number of halogens is 3. The lowest BCUT2D eigenvalue weighted by Crippen LogP contribution is -2.48. The summed E-state index contributed by atoms with van der Waals surface area (Å²) in [6, 6.07) is 4.32. The molecule has 128 valence electrons. The number of ether oxygens (including phenoxy) is 1. The fraction of sp³-hybridized carbons (Fsp3) is 0.500. The molecule has 0 aliphatic carbocycles. The zero-order chi connectivity index (χ0) is 18.1. The Bertz CT molecular complexity index is 593. The van der Waals surface area contributed by atoms with E-state index in [1.54, 1.807) is 20.8 Å². The Balaban J connectivity index is 3.24. The molecule has 4 nitrogen and oxygen atoms in total. The summed E-state index contributed by atoms with van der Waals surface area (Å²) in [7, 11) is 1.31. The molecule has 0 bridgehead atoms. The number of aldehydes is 1. The van der Waals surface area contributed by atoms with Gasteiger partial charge < -0.3 is 9.53 Å². The van der Waals surface area contributed by atoms with Crippen molar-refractivity contribution in [3.63, 3.8) is 0 Å². The monoisotopic (exact) mass is 331 g/mol. The molecule has 1 unspecified atom stereocenters. The molecule has 0 spiro atoms. The van der Waals surface area contributed by atoms with Gasteiger partial charge in [0.2, 0.25) is 0 Å². The number of hydrogen-bond donors (Lipinski definition) is 0. The summed E-state index contributed by atoms with van der Waals surface area (Å²) in [5, 5.41) is 0. The van der Waals surface area contributed by atoms with Crippen molar-refractivity contribution in [1.82, 2.24) is 4.90 Å². The van der Waals surface area contributed by atoms with Crippen LogP contribution in [0.15, 0.2) is 24.3 Å². The van der Waals surface area contributed by atoms with E-state index in [0.29, 0.717) is 6.29 Å². The summed E-state index contributed by atoms with van der Waals surface area (Å²) >= 11 is 0. The lowest BCUT2D eigenvalue weighted by Gasteiger charge is -2.36. The highest BCUT2D eigenvalue weighted by molar-refractivity contribution is 5.78. The molecule has 0 fully saturated rings. The molecule has 0 saturated carbocycles. The predicted molar refractivity (Wildman–Crippen MR) is 78.9 cm³/mol. The second kappa shape index (κ2) is 6.22. The van der Waals surface area contributed by atoms with Gasteiger partial charge in [0.05, 0.1) is 5.56 Å². The molecule has 0 N–H and O–H groups in total. The molecule has 7 heteroatoms. The zero-order valence-electron chi connectivity index (χ0n) is 13.7. The van der Waals surface area contributed by atoms with Crippen LogP contribution in [0.5, 0.6) is 0 Å². The molecule has 1 amide bonds. The number of alkyl halides is 3. The van der Waals surface area contributed by atoms with E-state index in [1.807, 2.05) is 0 Å². The molecular formula is C16H20F3NO3. The fourth-order valence-corrected chi connectivity index (χ4v) is 1.87. The van der Waals surface area contributed by atoms with E-state index in [1.165, 1.54) is 26.1 Å². The van der Waals surface area contributed by atoms with Crippen molar-refractivity contribution in [2.24, 2.45) is 0 Å². The van der Waals surface area contributed by atoms with Gasteiger partial charge in [0.25, 0.3) is 0 Å². The van der Waals surface area contributed by atoms with Crippen LogP contribution < -0.4 is 0 Å². The zero-order valence-corrected chi connectivity index (χ0v) is 13.7. The number of benzene rings is 1. The van der Waals surface area contributed by atoms with Crippen molar-refractivity contribution in [2.75, 3.05) is 7.05 Å². The molecule has 1 aromatic carbocycles. The predicted octanol–water partition coefficient (Wildman–Crippen LogP) is 3.99. The maximum Gasteiger partial charge on any atom is 0.416 e. The number of nitrogens with zero attached hydrogens (tertiary/aromatic N) is 1. The summed E-state index contributed by atoms with van der Waals surface area (Å²) in [5.41, 5.74) is -3.21. The highest BCUT2D eigenvalue weighted by Crippen LogP contribution is 2.33. The van der Waals surface area contributed by atoms with Gasteiger partial charge in [0.15, 0.2) is 0 Å². The lowest BCUT2D eigenvalue weighted by atomic mass is 9.91. The molecule has 1 atom stereocenters. The number of likely N-dealkylation sites (N-methyl/N-ethyl adjacent to an activating group) is 1. The van der Waals surface area contributed by atoms with Crippen molar-refractivity contribution in [3.8, 4) is 0 Å². The van der Waals surface area contributed by atoms with Crippen LogP contribution in [0.25, 0.3) is 0 Å². The van der Waals surface area contributed by atoms with Crippen LogP contribution in [0.4, 0.5) is 18.0 Å². The van der Waals surface area contributed by atoms with Crippen LogP contribution in [0.2, 0.25) is 0 Å². The summed E-state index contributed by atoms with van der Waals surface area (Å²) < 4.78 is 43.7. The third-order valence-corrected chi connectivity index (χ3v) is 3.37. The first-order valence-corrected chi connectivity index (χ1v) is 6.92. The summed E-state index contributed by atoms with van der Waals surface area (Å²) in [6.45, 7) is 6.32. The molecule has 1 aromatic rings. The molecule has 0 saturated heterocycles. The molecule has 23 heavy (non-hydrogen) atoms. The third-order valence-electron chi connectivity index (χ3n) is 3.37. The molecule has 0 radical (unpaired) electrons. The van der Waals surface area contributed by atoms with Crippen molar-refractivity contribution in [3.05, 3.63) is 35.4 Å². The minimum atomic E-state index is -4.54. The molecule has 0 aromatic heterocycles. The SMILES string of the molecule is CN(C(=O)OC(C)(C)C)C(C)(C=O)c1cccc(C(F)(F)F)c1. The summed E-state index contributed by atoms with van der Waals surface area (Å²) in [4.78, 5) is 24.7. The van der Waals surface area contributed by atoms with E-state index in [2.05, 4.69) is 0 Å². The van der Waals surface area contributed by atoms with Crippen LogP contribution in [0.1, 0.15) is 38.8 Å². The molecule has 0 heterocycles. The van der Waals surface area contributed by atoms with Crippen LogP contribution in [0, 0.1) is 0 Å². The number of rotatable bonds is 3. The largest absolute Gasteiger partial charge is 0.444 e. The third kappa shape index (κ3) is 4.46. The van der Waals surface area contributed by atoms with Gasteiger partial charge in [-0.05, 0) is 45.4 Å². The minimum absolute atomic E-state index is 0.0516. The molecular weight excluding hydrogens is 311 g/mol. The van der Waals surface area contributed by atoms with E-state index in [-0.39, 0.29) is 5.56 Å². The maximum atomic E-state index is 12.8. The maximum absolute atomic E-state index is 12.8. The minimum Gasteiger partial charge on any atom is -0.444 e. The Morgan fingerprint density at radius 3 is 2.09 bits per heavy atom. The first-order chi connectivity index (χ1) is 10.3. The van der Waals surface area contributed by atoms with E-state index in [0.717, 1.165) is 17.0 Å². The van der Waals surface area contributed by atoms with Gasteiger partial charge in [-0.15, -0.1) is 0 Å². The van der Waals surface area contributed by atoms with Crippen molar-refractivity contribution >= 4 is 12.4 Å². The second-order valence-electron chi connectivity index (χ2n) is 6.38. The van der Waals surface area contributed by atoms with Gasteiger partial charge in [0.1, 0.15) is 17.4 Å². The number of carbonyl (C=O) groups is 2. The molecule has 0 aliphatic heterocycles. The van der Waals surface area contributed by atoms with Gasteiger partial charge in [0, 0.05) is 7.05 Å². The fourth-order valence-electron chi connectivity index (χ4n) is 1.87. The Kier molecular flexibility index (Phi) is 5.13. The quantitative estimate of drug-likeness (QED) is 0.787. The van der Waals surface area contributed by atoms with Gasteiger partial charge in [-0.3, -0.25) is 4.90 Å². The number of hydrogen-bond acceptors (Lipinski definition) is 3. The summed E-state index contributed by atoms with van der Waals surface area (Å²) in [6.07, 6.45) is -4.92. The van der Waals surface area contributed by atoms with Crippen molar-refractivity contribution in [1.29, 1.82) is 0 Å². The van der Waals surface area contributed by atoms with E-state index < -0.39 is 29.0 Å².